The molecule has 1 heterocycles. The van der Waals surface area contributed by atoms with Crippen molar-refractivity contribution in [1.82, 2.24) is 10.3 Å². The molecule has 0 spiro atoms. The van der Waals surface area contributed by atoms with Crippen molar-refractivity contribution in [1.29, 1.82) is 0 Å². The molecule has 0 aliphatic heterocycles. The van der Waals surface area contributed by atoms with Gasteiger partial charge in [0.05, 0.1) is 17.8 Å². The number of pyridine rings is 1. The molecule has 0 saturated heterocycles. The van der Waals surface area contributed by atoms with Gasteiger partial charge in [-0.3, -0.25) is 4.98 Å². The van der Waals surface area contributed by atoms with Crippen molar-refractivity contribution in [2.75, 3.05) is 7.05 Å². The fourth-order valence-corrected chi connectivity index (χ4v) is 1.94. The predicted octanol–water partition coefficient (Wildman–Crippen LogP) is 2.04. The van der Waals surface area contributed by atoms with Gasteiger partial charge >= 0.3 is 0 Å². The fraction of sp³-hybridized carbons (Fsp3) is 0.214. The quantitative estimate of drug-likeness (QED) is 0.840. The second-order valence-electron chi connectivity index (χ2n) is 3.96. The van der Waals surface area contributed by atoms with Crippen molar-refractivity contribution >= 4 is 0 Å². The lowest BCUT2D eigenvalue weighted by Crippen LogP contribution is -2.30. The summed E-state index contributed by atoms with van der Waals surface area (Å²) < 4.78 is 0. The molecular weight excluding hydrogens is 210 g/mol. The Morgan fingerprint density at radius 1 is 1.06 bits per heavy atom. The molecule has 3 heteroatoms. The number of aromatic nitrogens is 1. The number of hydrogen-bond donors (Lipinski definition) is 2. The molecule has 0 bridgehead atoms. The predicted molar refractivity (Wildman–Crippen MR) is 69.4 cm³/mol. The van der Waals surface area contributed by atoms with Gasteiger partial charge in [0.25, 0.3) is 0 Å². The van der Waals surface area contributed by atoms with Crippen LogP contribution in [0.15, 0.2) is 54.7 Å². The molecule has 0 aliphatic carbocycles. The third-order valence-electron chi connectivity index (χ3n) is 2.86. The summed E-state index contributed by atoms with van der Waals surface area (Å²) in [4.78, 5) is 4.35. The average Bonchev–Trinajstić information content (AvgIpc) is 2.42. The Morgan fingerprint density at radius 2 is 1.76 bits per heavy atom. The molecule has 2 aromatic rings. The standard InChI is InChI=1S/C14H17N3/c1-16-14(12-9-5-6-10-17-12)13(15)11-7-3-2-4-8-11/h2-10,13-14,16H,15H2,1H3. The summed E-state index contributed by atoms with van der Waals surface area (Å²) in [6.45, 7) is 0. The van der Waals surface area contributed by atoms with E-state index in [4.69, 9.17) is 5.73 Å². The zero-order valence-corrected chi connectivity index (χ0v) is 9.88. The Kier molecular flexibility index (Phi) is 3.85. The Morgan fingerprint density at radius 3 is 2.35 bits per heavy atom. The smallest absolute Gasteiger partial charge is 0.0688 e. The lowest BCUT2D eigenvalue weighted by Gasteiger charge is -2.23. The maximum absolute atomic E-state index is 6.28. The van der Waals surface area contributed by atoms with E-state index in [1.165, 1.54) is 0 Å². The topological polar surface area (TPSA) is 50.9 Å². The molecule has 3 nitrogen and oxygen atoms in total. The van der Waals surface area contributed by atoms with Crippen LogP contribution in [0.2, 0.25) is 0 Å². The second kappa shape index (κ2) is 5.57. The minimum absolute atomic E-state index is 0.0265. The molecule has 2 atom stereocenters. The van der Waals surface area contributed by atoms with Gasteiger partial charge in [-0.15, -0.1) is 0 Å². The lowest BCUT2D eigenvalue weighted by atomic mass is 9.97. The van der Waals surface area contributed by atoms with Crippen LogP contribution in [0.1, 0.15) is 23.3 Å². The summed E-state index contributed by atoms with van der Waals surface area (Å²) in [5.74, 6) is 0. The molecule has 17 heavy (non-hydrogen) atoms. The van der Waals surface area contributed by atoms with Gasteiger partial charge in [-0.25, -0.2) is 0 Å². The fourth-order valence-electron chi connectivity index (χ4n) is 1.94. The summed E-state index contributed by atoms with van der Waals surface area (Å²) in [7, 11) is 1.90. The maximum Gasteiger partial charge on any atom is 0.0688 e. The van der Waals surface area contributed by atoms with Gasteiger partial charge in [-0.1, -0.05) is 36.4 Å². The maximum atomic E-state index is 6.28. The van der Waals surface area contributed by atoms with E-state index in [9.17, 15) is 0 Å². The van der Waals surface area contributed by atoms with Gasteiger partial charge in [0.2, 0.25) is 0 Å². The van der Waals surface area contributed by atoms with Gasteiger partial charge in [0.1, 0.15) is 0 Å². The number of rotatable bonds is 4. The molecule has 2 rings (SSSR count). The highest BCUT2D eigenvalue weighted by Gasteiger charge is 2.20. The molecule has 0 aliphatic rings. The molecule has 3 N–H and O–H groups in total. The van der Waals surface area contributed by atoms with Crippen LogP contribution in [0.25, 0.3) is 0 Å². The van der Waals surface area contributed by atoms with Gasteiger partial charge in [-0.05, 0) is 24.7 Å². The second-order valence-corrected chi connectivity index (χ2v) is 3.96. The molecule has 1 aromatic heterocycles. The lowest BCUT2D eigenvalue weighted by molar-refractivity contribution is 0.480. The van der Waals surface area contributed by atoms with Gasteiger partial charge < -0.3 is 11.1 Å². The summed E-state index contributed by atoms with van der Waals surface area (Å²) in [5.41, 5.74) is 8.35. The first-order valence-electron chi connectivity index (χ1n) is 5.71. The monoisotopic (exact) mass is 227 g/mol. The van der Waals surface area contributed by atoms with Crippen molar-refractivity contribution in [3.8, 4) is 0 Å². The molecule has 0 radical (unpaired) electrons. The number of benzene rings is 1. The summed E-state index contributed by atoms with van der Waals surface area (Å²) in [6.07, 6.45) is 1.79. The van der Waals surface area contributed by atoms with Gasteiger partial charge in [0.15, 0.2) is 0 Å². The Balaban J connectivity index is 2.25. The zero-order valence-electron chi connectivity index (χ0n) is 9.88. The molecule has 0 fully saturated rings. The Bertz CT molecular complexity index is 442. The number of nitrogens with zero attached hydrogens (tertiary/aromatic N) is 1. The summed E-state index contributed by atoms with van der Waals surface area (Å²) >= 11 is 0. The number of nitrogens with one attached hydrogen (secondary N) is 1. The normalized spacial score (nSPS) is 14.2. The van der Waals surface area contributed by atoms with E-state index in [2.05, 4.69) is 10.3 Å². The van der Waals surface area contributed by atoms with E-state index < -0.39 is 0 Å². The first-order valence-corrected chi connectivity index (χ1v) is 5.71. The molecular formula is C14H17N3. The number of likely N-dealkylation sites (N-methyl/N-ethyl adjacent to an activating group) is 1. The first kappa shape index (κ1) is 11.8. The van der Waals surface area contributed by atoms with Crippen LogP contribution in [-0.2, 0) is 0 Å². The van der Waals surface area contributed by atoms with Crippen LogP contribution in [0.3, 0.4) is 0 Å². The van der Waals surface area contributed by atoms with Crippen LogP contribution >= 0.6 is 0 Å². The highest BCUT2D eigenvalue weighted by molar-refractivity contribution is 5.23. The zero-order chi connectivity index (χ0) is 12.1. The van der Waals surface area contributed by atoms with Crippen LogP contribution in [-0.4, -0.2) is 12.0 Å². The van der Waals surface area contributed by atoms with Gasteiger partial charge in [0, 0.05) is 6.20 Å². The van der Waals surface area contributed by atoms with Crippen molar-refractivity contribution in [3.63, 3.8) is 0 Å². The molecule has 2 unspecified atom stereocenters. The van der Waals surface area contributed by atoms with Crippen molar-refractivity contribution < 1.29 is 0 Å². The minimum Gasteiger partial charge on any atom is -0.322 e. The number of nitrogens with two attached hydrogens (primary N) is 1. The Hall–Kier alpha value is -1.71. The van der Waals surface area contributed by atoms with Crippen LogP contribution < -0.4 is 11.1 Å². The van der Waals surface area contributed by atoms with Crippen molar-refractivity contribution in [3.05, 3.63) is 66.0 Å². The van der Waals surface area contributed by atoms with Crippen molar-refractivity contribution in [2.45, 2.75) is 12.1 Å². The molecule has 0 amide bonds. The van der Waals surface area contributed by atoms with E-state index in [-0.39, 0.29) is 12.1 Å². The van der Waals surface area contributed by atoms with E-state index >= 15 is 0 Å². The largest absolute Gasteiger partial charge is 0.322 e. The Labute approximate surface area is 102 Å². The highest BCUT2D eigenvalue weighted by Crippen LogP contribution is 2.24. The third kappa shape index (κ3) is 2.70. The van der Waals surface area contributed by atoms with Crippen molar-refractivity contribution in [2.24, 2.45) is 5.73 Å². The van der Waals surface area contributed by atoms with Crippen LogP contribution in [0, 0.1) is 0 Å². The van der Waals surface area contributed by atoms with Crippen LogP contribution in [0.5, 0.6) is 0 Å². The molecule has 1 aromatic carbocycles. The summed E-state index contributed by atoms with van der Waals surface area (Å²) in [6, 6.07) is 15.9. The van der Waals surface area contributed by atoms with E-state index in [1.807, 2.05) is 55.6 Å². The minimum atomic E-state index is -0.101. The van der Waals surface area contributed by atoms with Gasteiger partial charge in [-0.2, -0.15) is 0 Å². The number of hydrogen-bond acceptors (Lipinski definition) is 3. The average molecular weight is 227 g/mol. The van der Waals surface area contributed by atoms with E-state index in [0.29, 0.717) is 0 Å². The van der Waals surface area contributed by atoms with Crippen LogP contribution in [0.4, 0.5) is 0 Å². The molecule has 0 saturated carbocycles. The van der Waals surface area contributed by atoms with E-state index in [0.717, 1.165) is 11.3 Å². The first-order chi connectivity index (χ1) is 8.33. The van der Waals surface area contributed by atoms with E-state index in [1.54, 1.807) is 6.20 Å². The SMILES string of the molecule is CNC(c1ccccn1)C(N)c1ccccc1. The summed E-state index contributed by atoms with van der Waals surface area (Å²) in [5, 5.41) is 3.23. The highest BCUT2D eigenvalue weighted by atomic mass is 15.0. The third-order valence-corrected chi connectivity index (χ3v) is 2.86. The molecule has 88 valence electrons.